The highest BCUT2D eigenvalue weighted by Crippen LogP contribution is 2.48. The molecule has 0 radical (unpaired) electrons. The van der Waals surface area contributed by atoms with Crippen LogP contribution in [-0.4, -0.2) is 7.05 Å². The Balaban J connectivity index is 2.08. The summed E-state index contributed by atoms with van der Waals surface area (Å²) in [7, 11) is 2.15. The Morgan fingerprint density at radius 3 is 2.94 bits per heavy atom. The first-order chi connectivity index (χ1) is 7.87. The summed E-state index contributed by atoms with van der Waals surface area (Å²) in [6, 6.07) is 9.05. The maximum absolute atomic E-state index is 3.68. The molecule has 3 rings (SSSR count). The van der Waals surface area contributed by atoms with E-state index >= 15 is 0 Å². The van der Waals surface area contributed by atoms with Crippen molar-refractivity contribution in [3.8, 4) is 0 Å². The molecule has 1 N–H and O–H groups in total. The van der Waals surface area contributed by atoms with Gasteiger partial charge in [0.2, 0.25) is 0 Å². The number of hydrogen-bond donors (Lipinski definition) is 1. The molecule has 0 heterocycles. The van der Waals surface area contributed by atoms with Gasteiger partial charge in [-0.25, -0.2) is 0 Å². The van der Waals surface area contributed by atoms with Gasteiger partial charge >= 0.3 is 0 Å². The lowest BCUT2D eigenvalue weighted by Gasteiger charge is -2.35. The standard InChI is InChI=1S/C15H21N/c1-16-15-10-6-2-3-8-13(15)11-12-7-4-5-9-14(12)15/h4-5,7,9,13,16H,2-3,6,8,10-11H2,1H3. The molecule has 86 valence electrons. The zero-order chi connectivity index (χ0) is 11.0. The maximum atomic E-state index is 3.68. The predicted octanol–water partition coefficient (Wildman–Crippen LogP) is 3.24. The number of nitrogens with one attached hydrogen (secondary N) is 1. The van der Waals surface area contributed by atoms with E-state index in [1.165, 1.54) is 38.5 Å². The number of hydrogen-bond acceptors (Lipinski definition) is 1. The van der Waals surface area contributed by atoms with Gasteiger partial charge in [-0.3, -0.25) is 0 Å². The fourth-order valence-corrected chi connectivity index (χ4v) is 3.92. The van der Waals surface area contributed by atoms with Gasteiger partial charge in [0.25, 0.3) is 0 Å². The highest BCUT2D eigenvalue weighted by Gasteiger charge is 2.45. The van der Waals surface area contributed by atoms with Gasteiger partial charge in [0.05, 0.1) is 0 Å². The molecule has 2 atom stereocenters. The van der Waals surface area contributed by atoms with Crippen molar-refractivity contribution in [3.05, 3.63) is 35.4 Å². The van der Waals surface area contributed by atoms with Gasteiger partial charge in [0, 0.05) is 5.54 Å². The highest BCUT2D eigenvalue weighted by molar-refractivity contribution is 5.40. The smallest absolute Gasteiger partial charge is 0.0466 e. The van der Waals surface area contributed by atoms with Crippen LogP contribution in [0.4, 0.5) is 0 Å². The minimum atomic E-state index is 0.299. The van der Waals surface area contributed by atoms with Crippen LogP contribution in [0.1, 0.15) is 43.2 Å². The van der Waals surface area contributed by atoms with Crippen LogP contribution in [0.15, 0.2) is 24.3 Å². The Labute approximate surface area is 98.3 Å². The predicted molar refractivity (Wildman–Crippen MR) is 67.5 cm³/mol. The van der Waals surface area contributed by atoms with E-state index in [2.05, 4.69) is 36.6 Å². The normalized spacial score (nSPS) is 32.9. The van der Waals surface area contributed by atoms with Gasteiger partial charge < -0.3 is 5.32 Å². The third kappa shape index (κ3) is 1.34. The van der Waals surface area contributed by atoms with Crippen LogP contribution in [0.3, 0.4) is 0 Å². The van der Waals surface area contributed by atoms with E-state index in [0.717, 1.165) is 5.92 Å². The first-order valence-electron chi connectivity index (χ1n) is 6.64. The molecular formula is C15H21N. The molecule has 1 nitrogen and oxygen atoms in total. The van der Waals surface area contributed by atoms with Crippen molar-refractivity contribution in [2.45, 2.75) is 44.1 Å². The van der Waals surface area contributed by atoms with Crippen LogP contribution >= 0.6 is 0 Å². The zero-order valence-corrected chi connectivity index (χ0v) is 10.1. The largest absolute Gasteiger partial charge is 0.310 e. The molecule has 1 aromatic rings. The van der Waals surface area contributed by atoms with Gasteiger partial charge in [-0.2, -0.15) is 0 Å². The Morgan fingerprint density at radius 1 is 1.19 bits per heavy atom. The average molecular weight is 215 g/mol. The van der Waals surface area contributed by atoms with E-state index in [1.807, 2.05) is 0 Å². The van der Waals surface area contributed by atoms with E-state index in [4.69, 9.17) is 0 Å². The van der Waals surface area contributed by atoms with Gasteiger partial charge in [0.15, 0.2) is 0 Å². The first kappa shape index (κ1) is 10.3. The van der Waals surface area contributed by atoms with E-state index in [0.29, 0.717) is 5.54 Å². The number of rotatable bonds is 1. The van der Waals surface area contributed by atoms with Crippen molar-refractivity contribution in [1.82, 2.24) is 5.32 Å². The van der Waals surface area contributed by atoms with E-state index < -0.39 is 0 Å². The van der Waals surface area contributed by atoms with Crippen LogP contribution in [0.5, 0.6) is 0 Å². The molecule has 0 aromatic heterocycles. The summed E-state index contributed by atoms with van der Waals surface area (Å²) in [4.78, 5) is 0. The molecule has 2 unspecified atom stereocenters. The van der Waals surface area contributed by atoms with Crippen LogP contribution < -0.4 is 5.32 Å². The maximum Gasteiger partial charge on any atom is 0.0466 e. The topological polar surface area (TPSA) is 12.0 Å². The van der Waals surface area contributed by atoms with Crippen molar-refractivity contribution in [3.63, 3.8) is 0 Å². The van der Waals surface area contributed by atoms with Gasteiger partial charge in [0.1, 0.15) is 0 Å². The van der Waals surface area contributed by atoms with Crippen LogP contribution in [0.25, 0.3) is 0 Å². The Kier molecular flexibility index (Phi) is 2.51. The quantitative estimate of drug-likeness (QED) is 0.758. The summed E-state index contributed by atoms with van der Waals surface area (Å²) in [6.45, 7) is 0. The SMILES string of the molecule is CNC12CCCCCC1Cc1ccccc12. The van der Waals surface area contributed by atoms with Gasteiger partial charge in [-0.1, -0.05) is 43.5 Å². The molecule has 2 aliphatic rings. The third-order valence-corrected chi connectivity index (χ3v) is 4.73. The highest BCUT2D eigenvalue weighted by atomic mass is 15.0. The molecule has 1 fully saturated rings. The molecule has 0 amide bonds. The second-order valence-electron chi connectivity index (χ2n) is 5.38. The summed E-state index contributed by atoms with van der Waals surface area (Å²) < 4.78 is 0. The van der Waals surface area contributed by atoms with E-state index in [9.17, 15) is 0 Å². The number of fused-ring (bicyclic) bond motifs is 3. The van der Waals surface area contributed by atoms with Crippen molar-refractivity contribution >= 4 is 0 Å². The lowest BCUT2D eigenvalue weighted by molar-refractivity contribution is 0.230. The molecule has 0 spiro atoms. The molecular weight excluding hydrogens is 194 g/mol. The average Bonchev–Trinajstić information content (AvgIpc) is 2.50. The number of benzene rings is 1. The Hall–Kier alpha value is -0.820. The molecule has 1 saturated carbocycles. The zero-order valence-electron chi connectivity index (χ0n) is 10.1. The molecule has 0 bridgehead atoms. The third-order valence-electron chi connectivity index (χ3n) is 4.73. The van der Waals surface area contributed by atoms with Crippen LogP contribution in [-0.2, 0) is 12.0 Å². The Bertz CT molecular complexity index is 385. The Morgan fingerprint density at radius 2 is 2.06 bits per heavy atom. The van der Waals surface area contributed by atoms with Crippen molar-refractivity contribution in [2.75, 3.05) is 7.05 Å². The fourth-order valence-electron chi connectivity index (χ4n) is 3.92. The summed E-state index contributed by atoms with van der Waals surface area (Å²) in [5.41, 5.74) is 3.47. The first-order valence-corrected chi connectivity index (χ1v) is 6.64. The second-order valence-corrected chi connectivity index (χ2v) is 5.38. The summed E-state index contributed by atoms with van der Waals surface area (Å²) >= 11 is 0. The lowest BCUT2D eigenvalue weighted by Crippen LogP contribution is -2.43. The second kappa shape index (κ2) is 3.89. The van der Waals surface area contributed by atoms with Crippen molar-refractivity contribution < 1.29 is 0 Å². The van der Waals surface area contributed by atoms with E-state index in [1.54, 1.807) is 11.1 Å². The molecule has 1 heteroatoms. The summed E-state index contributed by atoms with van der Waals surface area (Å²) in [6.07, 6.45) is 8.23. The molecule has 0 aliphatic heterocycles. The fraction of sp³-hybridized carbons (Fsp3) is 0.600. The van der Waals surface area contributed by atoms with Crippen molar-refractivity contribution in [1.29, 1.82) is 0 Å². The van der Waals surface area contributed by atoms with E-state index in [-0.39, 0.29) is 0 Å². The summed E-state index contributed by atoms with van der Waals surface area (Å²) in [5.74, 6) is 0.831. The lowest BCUT2D eigenvalue weighted by atomic mass is 9.80. The van der Waals surface area contributed by atoms with Crippen LogP contribution in [0, 0.1) is 5.92 Å². The van der Waals surface area contributed by atoms with Gasteiger partial charge in [-0.15, -0.1) is 0 Å². The molecule has 16 heavy (non-hydrogen) atoms. The monoisotopic (exact) mass is 215 g/mol. The van der Waals surface area contributed by atoms with Gasteiger partial charge in [-0.05, 0) is 43.4 Å². The summed E-state index contributed by atoms with van der Waals surface area (Å²) in [5, 5.41) is 3.68. The molecule has 2 aliphatic carbocycles. The van der Waals surface area contributed by atoms with Crippen LogP contribution in [0.2, 0.25) is 0 Å². The minimum Gasteiger partial charge on any atom is -0.310 e. The van der Waals surface area contributed by atoms with Crippen molar-refractivity contribution in [2.24, 2.45) is 5.92 Å². The molecule has 0 saturated heterocycles. The minimum absolute atomic E-state index is 0.299. The molecule has 1 aromatic carbocycles.